The van der Waals surface area contributed by atoms with Gasteiger partial charge in [0.05, 0.1) is 16.5 Å². The van der Waals surface area contributed by atoms with Crippen LogP contribution in [-0.4, -0.2) is 12.4 Å². The number of ether oxygens (including phenoxy) is 1. The molecule has 0 atom stereocenters. The smallest absolute Gasteiger partial charge is 0.190 e. The van der Waals surface area contributed by atoms with E-state index in [-0.39, 0.29) is 12.4 Å². The summed E-state index contributed by atoms with van der Waals surface area (Å²) in [7, 11) is 0. The average molecular weight is 336 g/mol. The molecular formula is C13H9Cl3O2S. The molecule has 0 bridgehead atoms. The lowest BCUT2D eigenvalue weighted by Crippen LogP contribution is -2.08. The zero-order chi connectivity index (χ0) is 13.8. The second kappa shape index (κ2) is 6.73. The summed E-state index contributed by atoms with van der Waals surface area (Å²) >= 11 is 18.7. The Morgan fingerprint density at radius 3 is 2.63 bits per heavy atom. The highest BCUT2D eigenvalue weighted by Gasteiger charge is 2.14. The van der Waals surface area contributed by atoms with Crippen molar-refractivity contribution in [3.05, 3.63) is 55.2 Å². The Morgan fingerprint density at radius 1 is 1.21 bits per heavy atom. The number of benzene rings is 1. The maximum Gasteiger partial charge on any atom is 0.190 e. The van der Waals surface area contributed by atoms with Gasteiger partial charge in [-0.25, -0.2) is 0 Å². The third-order valence-corrected chi connectivity index (χ3v) is 4.07. The third-order valence-electron chi connectivity index (χ3n) is 2.35. The molecule has 2 nitrogen and oxygen atoms in total. The van der Waals surface area contributed by atoms with Gasteiger partial charge in [0.25, 0.3) is 0 Å². The second-order valence-corrected chi connectivity index (χ2v) is 6.51. The normalized spacial score (nSPS) is 10.7. The molecule has 0 aliphatic rings. The van der Waals surface area contributed by atoms with Crippen molar-refractivity contribution >= 4 is 51.9 Å². The average Bonchev–Trinajstić information content (AvgIpc) is 2.68. The first-order valence-corrected chi connectivity index (χ1v) is 7.31. The molecular weight excluding hydrogens is 327 g/mol. The van der Waals surface area contributed by atoms with Gasteiger partial charge in [-0.15, -0.1) is 11.3 Å². The van der Waals surface area contributed by atoms with Crippen molar-refractivity contribution < 1.29 is 9.53 Å². The Bertz CT molecular complexity index is 595. The molecule has 6 heteroatoms. The quantitative estimate of drug-likeness (QED) is 0.710. The standard InChI is InChI=1S/C13H9Cl3O2S/c14-9-3-1-2-8(4-9)6-18-7-11(17)10-5-12(15)19-13(10)16/h1-5H,6-7H2. The summed E-state index contributed by atoms with van der Waals surface area (Å²) in [4.78, 5) is 11.8. The number of hydrogen-bond acceptors (Lipinski definition) is 3. The lowest BCUT2D eigenvalue weighted by Gasteiger charge is -2.04. The Hall–Kier alpha value is -0.580. The van der Waals surface area contributed by atoms with E-state index < -0.39 is 0 Å². The molecule has 1 heterocycles. The van der Waals surface area contributed by atoms with Gasteiger partial charge in [-0.2, -0.15) is 0 Å². The molecule has 0 saturated carbocycles. The summed E-state index contributed by atoms with van der Waals surface area (Å²) in [6.07, 6.45) is 0. The largest absolute Gasteiger partial charge is 0.369 e. The monoisotopic (exact) mass is 334 g/mol. The summed E-state index contributed by atoms with van der Waals surface area (Å²) in [6.45, 7) is 0.279. The molecule has 0 unspecified atom stereocenters. The number of thiophene rings is 1. The highest BCUT2D eigenvalue weighted by atomic mass is 35.5. The van der Waals surface area contributed by atoms with Crippen molar-refractivity contribution in [2.24, 2.45) is 0 Å². The number of hydrogen-bond donors (Lipinski definition) is 0. The predicted molar refractivity (Wildman–Crippen MR) is 79.8 cm³/mol. The van der Waals surface area contributed by atoms with Gasteiger partial charge in [0.1, 0.15) is 10.9 Å². The molecule has 2 rings (SSSR count). The van der Waals surface area contributed by atoms with E-state index in [1.807, 2.05) is 12.1 Å². The number of rotatable bonds is 5. The Kier molecular flexibility index (Phi) is 5.25. The van der Waals surface area contributed by atoms with Crippen LogP contribution in [0.25, 0.3) is 0 Å². The first-order chi connectivity index (χ1) is 9.06. The van der Waals surface area contributed by atoms with Gasteiger partial charge in [-0.3, -0.25) is 4.79 Å². The lowest BCUT2D eigenvalue weighted by molar-refractivity contribution is 0.0727. The number of ketones is 1. The molecule has 2 aromatic rings. The van der Waals surface area contributed by atoms with Crippen LogP contribution in [0, 0.1) is 0 Å². The van der Waals surface area contributed by atoms with E-state index in [2.05, 4.69) is 0 Å². The Labute approximate surface area is 129 Å². The van der Waals surface area contributed by atoms with Crippen molar-refractivity contribution in [3.8, 4) is 0 Å². The SMILES string of the molecule is O=C(COCc1cccc(Cl)c1)c1cc(Cl)sc1Cl. The number of Topliss-reactive ketones (excluding diaryl/α,β-unsaturated/α-hetero) is 1. The van der Waals surface area contributed by atoms with E-state index in [9.17, 15) is 4.79 Å². The van der Waals surface area contributed by atoms with Crippen molar-refractivity contribution in [3.63, 3.8) is 0 Å². The van der Waals surface area contributed by atoms with E-state index >= 15 is 0 Å². The maximum atomic E-state index is 11.8. The van der Waals surface area contributed by atoms with E-state index in [4.69, 9.17) is 39.5 Å². The molecule has 0 N–H and O–H groups in total. The van der Waals surface area contributed by atoms with Gasteiger partial charge in [0, 0.05) is 5.02 Å². The van der Waals surface area contributed by atoms with Crippen LogP contribution in [0.15, 0.2) is 30.3 Å². The van der Waals surface area contributed by atoms with Crippen LogP contribution < -0.4 is 0 Å². The van der Waals surface area contributed by atoms with E-state index in [0.29, 0.717) is 25.9 Å². The van der Waals surface area contributed by atoms with Crippen LogP contribution >= 0.6 is 46.1 Å². The minimum absolute atomic E-state index is 0.0424. The summed E-state index contributed by atoms with van der Waals surface area (Å²) in [5.74, 6) is -0.185. The fourth-order valence-electron chi connectivity index (χ4n) is 1.50. The first-order valence-electron chi connectivity index (χ1n) is 5.36. The second-order valence-electron chi connectivity index (χ2n) is 3.78. The summed E-state index contributed by atoms with van der Waals surface area (Å²) < 4.78 is 6.23. The van der Waals surface area contributed by atoms with Crippen LogP contribution in [0.3, 0.4) is 0 Å². The fourth-order valence-corrected chi connectivity index (χ4v) is 3.21. The highest BCUT2D eigenvalue weighted by molar-refractivity contribution is 7.20. The molecule has 0 aliphatic heterocycles. The van der Waals surface area contributed by atoms with Gasteiger partial charge < -0.3 is 4.74 Å². The van der Waals surface area contributed by atoms with Gasteiger partial charge in [-0.1, -0.05) is 46.9 Å². The van der Waals surface area contributed by atoms with Crippen LogP contribution in [0.5, 0.6) is 0 Å². The molecule has 0 saturated heterocycles. The Balaban J connectivity index is 1.89. The minimum Gasteiger partial charge on any atom is -0.369 e. The number of halogens is 3. The molecule has 100 valence electrons. The zero-order valence-corrected chi connectivity index (χ0v) is 12.7. The van der Waals surface area contributed by atoms with Gasteiger partial charge >= 0.3 is 0 Å². The number of carbonyl (C=O) groups excluding carboxylic acids is 1. The maximum absolute atomic E-state index is 11.8. The van der Waals surface area contributed by atoms with Crippen LogP contribution in [0.2, 0.25) is 13.7 Å². The fraction of sp³-hybridized carbons (Fsp3) is 0.154. The van der Waals surface area contributed by atoms with E-state index in [1.54, 1.807) is 18.2 Å². The molecule has 0 amide bonds. The first kappa shape index (κ1) is 14.8. The zero-order valence-electron chi connectivity index (χ0n) is 9.66. The van der Waals surface area contributed by atoms with Crippen molar-refractivity contribution in [2.45, 2.75) is 6.61 Å². The van der Waals surface area contributed by atoms with Crippen molar-refractivity contribution in [2.75, 3.05) is 6.61 Å². The lowest BCUT2D eigenvalue weighted by atomic mass is 10.2. The van der Waals surface area contributed by atoms with Crippen molar-refractivity contribution in [1.82, 2.24) is 0 Å². The van der Waals surface area contributed by atoms with Gasteiger partial charge in [-0.05, 0) is 23.8 Å². The predicted octanol–water partition coefficient (Wildman–Crippen LogP) is 5.11. The van der Waals surface area contributed by atoms with Gasteiger partial charge in [0.2, 0.25) is 0 Å². The molecule has 0 radical (unpaired) electrons. The molecule has 1 aromatic heterocycles. The van der Waals surface area contributed by atoms with E-state index in [0.717, 1.165) is 5.56 Å². The topological polar surface area (TPSA) is 26.3 Å². The van der Waals surface area contributed by atoms with Gasteiger partial charge in [0.15, 0.2) is 5.78 Å². The highest BCUT2D eigenvalue weighted by Crippen LogP contribution is 2.31. The van der Waals surface area contributed by atoms with Crippen LogP contribution in [0.4, 0.5) is 0 Å². The number of carbonyl (C=O) groups is 1. The minimum atomic E-state index is -0.185. The molecule has 0 spiro atoms. The molecule has 0 aliphatic carbocycles. The Morgan fingerprint density at radius 2 is 2.00 bits per heavy atom. The van der Waals surface area contributed by atoms with E-state index in [1.165, 1.54) is 11.3 Å². The third kappa shape index (κ3) is 4.20. The van der Waals surface area contributed by atoms with Crippen LogP contribution in [-0.2, 0) is 11.3 Å². The summed E-state index contributed by atoms with van der Waals surface area (Å²) in [5.41, 5.74) is 1.32. The molecule has 19 heavy (non-hydrogen) atoms. The summed E-state index contributed by atoms with van der Waals surface area (Å²) in [5, 5.41) is 0.639. The van der Waals surface area contributed by atoms with Crippen LogP contribution in [0.1, 0.15) is 15.9 Å². The molecule has 1 aromatic carbocycles. The van der Waals surface area contributed by atoms with Crippen molar-refractivity contribution in [1.29, 1.82) is 0 Å². The molecule has 0 fully saturated rings. The summed E-state index contributed by atoms with van der Waals surface area (Å²) in [6, 6.07) is 8.84.